The van der Waals surface area contributed by atoms with Crippen molar-refractivity contribution in [2.45, 2.75) is 0 Å². The zero-order valence-corrected chi connectivity index (χ0v) is 29.9. The van der Waals surface area contributed by atoms with Crippen LogP contribution < -0.4 is 20.7 Å². The van der Waals surface area contributed by atoms with Crippen LogP contribution in [0.1, 0.15) is 5.56 Å². The highest BCUT2D eigenvalue weighted by atomic mass is 28.3. The molecule has 0 aliphatic carbocycles. The summed E-state index contributed by atoms with van der Waals surface area (Å²) in [5.74, 6) is 0. The van der Waals surface area contributed by atoms with Crippen LogP contribution in [-0.2, 0) is 0 Å². The molecule has 0 amide bonds. The van der Waals surface area contributed by atoms with E-state index in [0.29, 0.717) is 5.56 Å². The van der Waals surface area contributed by atoms with Crippen LogP contribution in [0.5, 0.6) is 0 Å². The second kappa shape index (κ2) is 12.4. The molecule has 0 aliphatic heterocycles. The van der Waals surface area contributed by atoms with Crippen molar-refractivity contribution in [3.8, 4) is 17.4 Å². The zero-order chi connectivity index (χ0) is 35.4. The summed E-state index contributed by atoms with van der Waals surface area (Å²) < 4.78 is 4.79. The van der Waals surface area contributed by atoms with Gasteiger partial charge in [-0.2, -0.15) is 5.26 Å². The summed E-state index contributed by atoms with van der Waals surface area (Å²) in [6, 6.07) is 74.8. The van der Waals surface area contributed by atoms with Crippen LogP contribution in [0.15, 0.2) is 200 Å². The number of hydrogen-bond donors (Lipinski definition) is 0. The molecule has 0 saturated carbocycles. The van der Waals surface area contributed by atoms with Crippen LogP contribution in [0, 0.1) is 11.3 Å². The Morgan fingerprint density at radius 3 is 1.40 bits per heavy atom. The van der Waals surface area contributed by atoms with Gasteiger partial charge < -0.3 is 9.13 Å². The number of para-hydroxylation sites is 4. The van der Waals surface area contributed by atoms with Crippen molar-refractivity contribution in [3.05, 3.63) is 206 Å². The maximum Gasteiger partial charge on any atom is 0.180 e. The highest BCUT2D eigenvalue weighted by Crippen LogP contribution is 2.34. The number of benzene rings is 8. The molecule has 53 heavy (non-hydrogen) atoms. The summed E-state index contributed by atoms with van der Waals surface area (Å²) in [5, 5.41) is 20.0. The highest BCUT2D eigenvalue weighted by molar-refractivity contribution is 7.20. The molecule has 0 fully saturated rings. The van der Waals surface area contributed by atoms with Crippen molar-refractivity contribution in [2.75, 3.05) is 0 Å². The number of rotatable bonds is 6. The Bertz CT molecular complexity index is 2940. The van der Waals surface area contributed by atoms with Gasteiger partial charge in [0.2, 0.25) is 0 Å². The predicted molar refractivity (Wildman–Crippen MR) is 223 cm³/mol. The predicted octanol–water partition coefficient (Wildman–Crippen LogP) is 9.13. The minimum Gasteiger partial charge on any atom is -0.309 e. The molecule has 2 aromatic heterocycles. The fraction of sp³-hybridized carbons (Fsp3) is 0. The maximum absolute atomic E-state index is 9.88. The molecule has 1 unspecified atom stereocenters. The standard InChI is InChI=1S/C49H33N3Si/c50-34-35-26-30-39(31-27-35)53(38-16-5-2-6-17-38,40-32-28-37(29-33-40)51-44-21-10-7-18-41(44)42-19-8-11-22-45(42)51)48-25-13-24-47-49(48)43-20-9-12-23-46(43)52(47)36-14-3-1-4-15-36/h1-33H. The van der Waals surface area contributed by atoms with Gasteiger partial charge in [0, 0.05) is 32.9 Å². The molecule has 248 valence electrons. The van der Waals surface area contributed by atoms with E-state index in [2.05, 4.69) is 203 Å². The monoisotopic (exact) mass is 691 g/mol. The highest BCUT2D eigenvalue weighted by Gasteiger charge is 2.43. The van der Waals surface area contributed by atoms with Gasteiger partial charge in [-0.05, 0) is 81.4 Å². The van der Waals surface area contributed by atoms with E-state index in [1.165, 1.54) is 64.4 Å². The van der Waals surface area contributed by atoms with Gasteiger partial charge in [0.1, 0.15) is 0 Å². The topological polar surface area (TPSA) is 33.6 Å². The van der Waals surface area contributed by atoms with Gasteiger partial charge in [0.15, 0.2) is 8.07 Å². The summed E-state index contributed by atoms with van der Waals surface area (Å²) in [6.45, 7) is 0. The van der Waals surface area contributed by atoms with E-state index in [4.69, 9.17) is 0 Å². The molecule has 0 bridgehead atoms. The molecule has 0 N–H and O–H groups in total. The lowest BCUT2D eigenvalue weighted by molar-refractivity contribution is 1.18. The molecule has 10 aromatic rings. The molecular weight excluding hydrogens is 659 g/mol. The van der Waals surface area contributed by atoms with Crippen LogP contribution >= 0.6 is 0 Å². The molecule has 2 heterocycles. The van der Waals surface area contributed by atoms with Crippen molar-refractivity contribution in [2.24, 2.45) is 0 Å². The third kappa shape index (κ3) is 4.65. The van der Waals surface area contributed by atoms with Crippen LogP contribution in [0.3, 0.4) is 0 Å². The molecule has 10 rings (SSSR count). The van der Waals surface area contributed by atoms with Gasteiger partial charge in [-0.15, -0.1) is 0 Å². The third-order valence-electron chi connectivity index (χ3n) is 10.9. The smallest absolute Gasteiger partial charge is 0.180 e. The second-order valence-electron chi connectivity index (χ2n) is 13.6. The lowest BCUT2D eigenvalue weighted by Crippen LogP contribution is -2.74. The Morgan fingerprint density at radius 1 is 0.358 bits per heavy atom. The van der Waals surface area contributed by atoms with Crippen molar-refractivity contribution in [1.29, 1.82) is 5.26 Å². The Labute approximate surface area is 308 Å². The van der Waals surface area contributed by atoms with E-state index in [-0.39, 0.29) is 0 Å². The van der Waals surface area contributed by atoms with Gasteiger partial charge in [-0.1, -0.05) is 140 Å². The average molecular weight is 692 g/mol. The van der Waals surface area contributed by atoms with E-state index >= 15 is 0 Å². The Morgan fingerprint density at radius 2 is 0.792 bits per heavy atom. The van der Waals surface area contributed by atoms with E-state index in [0.717, 1.165) is 11.4 Å². The molecule has 4 heteroatoms. The normalized spacial score (nSPS) is 12.7. The van der Waals surface area contributed by atoms with Crippen LogP contribution in [0.2, 0.25) is 0 Å². The summed E-state index contributed by atoms with van der Waals surface area (Å²) >= 11 is 0. The number of hydrogen-bond acceptors (Lipinski definition) is 1. The molecule has 0 saturated heterocycles. The van der Waals surface area contributed by atoms with E-state index in [9.17, 15) is 5.26 Å². The van der Waals surface area contributed by atoms with E-state index < -0.39 is 8.07 Å². The zero-order valence-electron chi connectivity index (χ0n) is 28.9. The summed E-state index contributed by atoms with van der Waals surface area (Å²) in [7, 11) is -3.05. The number of fused-ring (bicyclic) bond motifs is 6. The largest absolute Gasteiger partial charge is 0.309 e. The van der Waals surface area contributed by atoms with Crippen molar-refractivity contribution < 1.29 is 0 Å². The summed E-state index contributed by atoms with van der Waals surface area (Å²) in [4.78, 5) is 0. The van der Waals surface area contributed by atoms with E-state index in [1.807, 2.05) is 12.1 Å². The summed E-state index contributed by atoms with van der Waals surface area (Å²) in [6.07, 6.45) is 0. The number of aromatic nitrogens is 2. The van der Waals surface area contributed by atoms with Gasteiger partial charge >= 0.3 is 0 Å². The molecule has 0 aliphatic rings. The second-order valence-corrected chi connectivity index (χ2v) is 17.4. The molecule has 0 spiro atoms. The van der Waals surface area contributed by atoms with Crippen LogP contribution in [-0.4, -0.2) is 17.2 Å². The van der Waals surface area contributed by atoms with Gasteiger partial charge in [0.25, 0.3) is 0 Å². The SMILES string of the molecule is N#Cc1ccc([Si](c2ccccc2)(c2ccc(-n3c4ccccc4c4ccccc43)cc2)c2cccc3c2c2ccccc2n3-c2ccccc2)cc1. The summed E-state index contributed by atoms with van der Waals surface area (Å²) in [5.41, 5.74) is 7.66. The van der Waals surface area contributed by atoms with Gasteiger partial charge in [-0.3, -0.25) is 0 Å². The lowest BCUT2D eigenvalue weighted by Gasteiger charge is -2.35. The Balaban J connectivity index is 1.31. The molecule has 0 radical (unpaired) electrons. The minimum atomic E-state index is -3.05. The number of nitrogens with zero attached hydrogens (tertiary/aromatic N) is 3. The number of nitriles is 1. The first-order valence-electron chi connectivity index (χ1n) is 18.0. The van der Waals surface area contributed by atoms with Crippen LogP contribution in [0.25, 0.3) is 55.0 Å². The molecule has 8 aromatic carbocycles. The Hall–Kier alpha value is -6.93. The first-order valence-corrected chi connectivity index (χ1v) is 20.0. The average Bonchev–Trinajstić information content (AvgIpc) is 3.76. The van der Waals surface area contributed by atoms with Crippen molar-refractivity contribution in [1.82, 2.24) is 9.13 Å². The quantitative estimate of drug-likeness (QED) is 0.127. The molecular formula is C49H33N3Si. The lowest BCUT2D eigenvalue weighted by atomic mass is 10.1. The Kier molecular flexibility index (Phi) is 7.21. The fourth-order valence-electron chi connectivity index (χ4n) is 8.70. The fourth-order valence-corrected chi connectivity index (χ4v) is 13.6. The van der Waals surface area contributed by atoms with Gasteiger partial charge in [-0.25, -0.2) is 0 Å². The molecule has 3 nitrogen and oxygen atoms in total. The minimum absolute atomic E-state index is 0.658. The van der Waals surface area contributed by atoms with Crippen LogP contribution in [0.4, 0.5) is 0 Å². The maximum atomic E-state index is 9.88. The van der Waals surface area contributed by atoms with E-state index in [1.54, 1.807) is 0 Å². The van der Waals surface area contributed by atoms with Gasteiger partial charge in [0.05, 0.1) is 33.7 Å². The van der Waals surface area contributed by atoms with Crippen molar-refractivity contribution in [3.63, 3.8) is 0 Å². The van der Waals surface area contributed by atoms with Crippen molar-refractivity contribution >= 4 is 72.4 Å². The molecule has 1 atom stereocenters. The first-order chi connectivity index (χ1) is 26.3. The first kappa shape index (κ1) is 30.9. The third-order valence-corrected chi connectivity index (χ3v) is 15.7.